The Morgan fingerprint density at radius 3 is 2.20 bits per heavy atom. The molecule has 0 amide bonds. The van der Waals surface area contributed by atoms with Crippen LogP contribution < -0.4 is 9.47 Å². The zero-order valence-corrected chi connectivity index (χ0v) is 13.3. The molecular formula is C15H13BrClFO2. The van der Waals surface area contributed by atoms with Crippen LogP contribution in [0.5, 0.6) is 11.5 Å². The van der Waals surface area contributed by atoms with Crippen molar-refractivity contribution in [3.63, 3.8) is 0 Å². The van der Waals surface area contributed by atoms with Crippen molar-refractivity contribution in [2.45, 2.75) is 4.83 Å². The predicted octanol–water partition coefficient (Wildman–Crippen LogP) is 4.98. The topological polar surface area (TPSA) is 18.5 Å². The molecule has 5 heteroatoms. The van der Waals surface area contributed by atoms with E-state index in [2.05, 4.69) is 15.9 Å². The molecule has 0 heterocycles. The average molecular weight is 360 g/mol. The van der Waals surface area contributed by atoms with Crippen molar-refractivity contribution in [3.8, 4) is 11.5 Å². The highest BCUT2D eigenvalue weighted by molar-refractivity contribution is 9.09. The summed E-state index contributed by atoms with van der Waals surface area (Å²) in [6.07, 6.45) is 0. The van der Waals surface area contributed by atoms with Gasteiger partial charge in [0.25, 0.3) is 0 Å². The van der Waals surface area contributed by atoms with E-state index in [1.807, 2.05) is 18.2 Å². The Labute approximate surface area is 130 Å². The van der Waals surface area contributed by atoms with Crippen molar-refractivity contribution in [3.05, 3.63) is 58.4 Å². The van der Waals surface area contributed by atoms with Crippen LogP contribution in [0.25, 0.3) is 0 Å². The zero-order valence-electron chi connectivity index (χ0n) is 11.0. The van der Waals surface area contributed by atoms with Crippen LogP contribution in [0.2, 0.25) is 5.02 Å². The largest absolute Gasteiger partial charge is 0.493 e. The van der Waals surface area contributed by atoms with Crippen LogP contribution in [0.1, 0.15) is 16.0 Å². The van der Waals surface area contributed by atoms with Crippen LogP contribution in [0.4, 0.5) is 4.39 Å². The van der Waals surface area contributed by atoms with Crippen molar-refractivity contribution in [2.24, 2.45) is 0 Å². The van der Waals surface area contributed by atoms with Gasteiger partial charge in [-0.3, -0.25) is 0 Å². The van der Waals surface area contributed by atoms with Crippen molar-refractivity contribution in [1.29, 1.82) is 0 Å². The first-order valence-corrected chi connectivity index (χ1v) is 7.17. The van der Waals surface area contributed by atoms with Crippen LogP contribution in [-0.2, 0) is 0 Å². The fourth-order valence-electron chi connectivity index (χ4n) is 1.87. The molecule has 20 heavy (non-hydrogen) atoms. The maximum atomic E-state index is 13.2. The van der Waals surface area contributed by atoms with Gasteiger partial charge in [-0.2, -0.15) is 0 Å². The van der Waals surface area contributed by atoms with Gasteiger partial charge in [0, 0.05) is 0 Å². The Morgan fingerprint density at radius 1 is 1.00 bits per heavy atom. The zero-order chi connectivity index (χ0) is 14.7. The second-order valence-corrected chi connectivity index (χ2v) is 5.47. The highest BCUT2D eigenvalue weighted by Crippen LogP contribution is 2.37. The summed E-state index contributed by atoms with van der Waals surface area (Å²) in [5.74, 6) is 0.873. The van der Waals surface area contributed by atoms with Gasteiger partial charge in [-0.15, -0.1) is 0 Å². The number of halogens is 3. The Morgan fingerprint density at radius 2 is 1.60 bits per heavy atom. The molecule has 0 aliphatic carbocycles. The molecule has 106 valence electrons. The lowest BCUT2D eigenvalue weighted by Gasteiger charge is -2.14. The summed E-state index contributed by atoms with van der Waals surface area (Å²) < 4.78 is 23.7. The fraction of sp³-hybridized carbons (Fsp3) is 0.200. The first-order chi connectivity index (χ1) is 9.56. The van der Waals surface area contributed by atoms with Gasteiger partial charge in [0.05, 0.1) is 24.1 Å². The van der Waals surface area contributed by atoms with Gasteiger partial charge in [0.15, 0.2) is 11.5 Å². The molecule has 0 aliphatic heterocycles. The molecule has 0 aromatic heterocycles. The van der Waals surface area contributed by atoms with Crippen molar-refractivity contribution >= 4 is 27.5 Å². The van der Waals surface area contributed by atoms with Crippen molar-refractivity contribution in [2.75, 3.05) is 14.2 Å². The molecule has 0 saturated heterocycles. The van der Waals surface area contributed by atoms with Gasteiger partial charge in [-0.05, 0) is 35.4 Å². The maximum absolute atomic E-state index is 13.2. The lowest BCUT2D eigenvalue weighted by Crippen LogP contribution is -1.96. The summed E-state index contributed by atoms with van der Waals surface area (Å²) in [5.41, 5.74) is 1.83. The molecule has 1 atom stereocenters. The van der Waals surface area contributed by atoms with Crippen LogP contribution in [0, 0.1) is 5.82 Å². The Hall–Kier alpha value is -1.26. The Kier molecular flexibility index (Phi) is 4.89. The molecular weight excluding hydrogens is 347 g/mol. The number of alkyl halides is 1. The SMILES string of the molecule is COc1ccc(C(Br)c2ccc(F)c(Cl)c2)cc1OC. The molecule has 0 aliphatic rings. The number of ether oxygens (including phenoxy) is 2. The summed E-state index contributed by atoms with van der Waals surface area (Å²) in [6.45, 7) is 0. The third kappa shape index (κ3) is 3.07. The minimum Gasteiger partial charge on any atom is -0.493 e. The minimum absolute atomic E-state index is 0.104. The fourth-order valence-corrected chi connectivity index (χ4v) is 2.63. The van der Waals surface area contributed by atoms with E-state index in [9.17, 15) is 4.39 Å². The van der Waals surface area contributed by atoms with Crippen LogP contribution in [-0.4, -0.2) is 14.2 Å². The molecule has 2 aromatic rings. The monoisotopic (exact) mass is 358 g/mol. The van der Waals surface area contributed by atoms with E-state index in [1.54, 1.807) is 26.4 Å². The van der Waals surface area contributed by atoms with E-state index < -0.39 is 5.82 Å². The quantitative estimate of drug-likeness (QED) is 0.717. The van der Waals surface area contributed by atoms with E-state index in [1.165, 1.54) is 6.07 Å². The summed E-state index contributed by atoms with van der Waals surface area (Å²) in [5, 5.41) is 0.104. The molecule has 0 bridgehead atoms. The second-order valence-electron chi connectivity index (χ2n) is 4.15. The third-order valence-corrected chi connectivity index (χ3v) is 4.28. The van der Waals surface area contributed by atoms with Crippen LogP contribution in [0.15, 0.2) is 36.4 Å². The summed E-state index contributed by atoms with van der Waals surface area (Å²) in [4.78, 5) is -0.111. The molecule has 0 fully saturated rings. The summed E-state index contributed by atoms with van der Waals surface area (Å²) in [6, 6.07) is 10.3. The number of hydrogen-bond donors (Lipinski definition) is 0. The number of hydrogen-bond acceptors (Lipinski definition) is 2. The van der Waals surface area contributed by atoms with E-state index in [0.29, 0.717) is 11.5 Å². The summed E-state index contributed by atoms with van der Waals surface area (Å²) >= 11 is 9.40. The predicted molar refractivity (Wildman–Crippen MR) is 81.7 cm³/mol. The maximum Gasteiger partial charge on any atom is 0.161 e. The number of rotatable bonds is 4. The van der Waals surface area contributed by atoms with Gasteiger partial charge in [0.1, 0.15) is 5.82 Å². The molecule has 2 aromatic carbocycles. The molecule has 2 rings (SSSR count). The van der Waals surface area contributed by atoms with Gasteiger partial charge in [0.2, 0.25) is 0 Å². The van der Waals surface area contributed by atoms with Gasteiger partial charge < -0.3 is 9.47 Å². The van der Waals surface area contributed by atoms with Gasteiger partial charge in [-0.25, -0.2) is 4.39 Å². The first-order valence-electron chi connectivity index (χ1n) is 5.87. The van der Waals surface area contributed by atoms with E-state index in [0.717, 1.165) is 11.1 Å². The number of methoxy groups -OCH3 is 2. The molecule has 0 N–H and O–H groups in total. The van der Waals surface area contributed by atoms with Crippen LogP contribution in [0.3, 0.4) is 0 Å². The lowest BCUT2D eigenvalue weighted by molar-refractivity contribution is 0.354. The highest BCUT2D eigenvalue weighted by atomic mass is 79.9. The van der Waals surface area contributed by atoms with E-state index in [-0.39, 0.29) is 9.85 Å². The lowest BCUT2D eigenvalue weighted by atomic mass is 10.0. The minimum atomic E-state index is -0.428. The number of benzene rings is 2. The van der Waals surface area contributed by atoms with Gasteiger partial charge in [-0.1, -0.05) is 39.7 Å². The van der Waals surface area contributed by atoms with E-state index >= 15 is 0 Å². The highest BCUT2D eigenvalue weighted by Gasteiger charge is 2.15. The van der Waals surface area contributed by atoms with Gasteiger partial charge >= 0.3 is 0 Å². The summed E-state index contributed by atoms with van der Waals surface area (Å²) in [7, 11) is 3.17. The molecule has 0 saturated carbocycles. The molecule has 2 nitrogen and oxygen atoms in total. The first kappa shape index (κ1) is 15.1. The van der Waals surface area contributed by atoms with Crippen molar-refractivity contribution in [1.82, 2.24) is 0 Å². The standard InChI is InChI=1S/C15H13BrClFO2/c1-19-13-6-4-10(8-14(13)20-2)15(16)9-3-5-12(18)11(17)7-9/h3-8,15H,1-2H3. The third-order valence-electron chi connectivity index (χ3n) is 2.94. The Balaban J connectivity index is 2.37. The van der Waals surface area contributed by atoms with Crippen molar-refractivity contribution < 1.29 is 13.9 Å². The average Bonchev–Trinajstić information content (AvgIpc) is 2.48. The molecule has 0 spiro atoms. The molecule has 1 unspecified atom stereocenters. The normalized spacial score (nSPS) is 12.1. The van der Waals surface area contributed by atoms with Crippen LogP contribution >= 0.6 is 27.5 Å². The Bertz CT molecular complexity index is 619. The second kappa shape index (κ2) is 6.46. The molecule has 0 radical (unpaired) electrons. The smallest absolute Gasteiger partial charge is 0.161 e. The van der Waals surface area contributed by atoms with E-state index in [4.69, 9.17) is 21.1 Å².